The highest BCUT2D eigenvalue weighted by atomic mass is 16.5. The van der Waals surface area contributed by atoms with Crippen molar-refractivity contribution in [1.29, 1.82) is 0 Å². The zero-order valence-corrected chi connectivity index (χ0v) is 7.24. The predicted octanol–water partition coefficient (Wildman–Crippen LogP) is 1.63. The van der Waals surface area contributed by atoms with E-state index in [0.29, 0.717) is 5.56 Å². The number of ether oxygens (including phenoxy) is 1. The van der Waals surface area contributed by atoms with E-state index in [0.717, 1.165) is 0 Å². The van der Waals surface area contributed by atoms with Crippen LogP contribution >= 0.6 is 0 Å². The number of benzene rings is 1. The summed E-state index contributed by atoms with van der Waals surface area (Å²) in [7, 11) is 0. The summed E-state index contributed by atoms with van der Waals surface area (Å²) in [5, 5.41) is 0. The Kier molecular flexibility index (Phi) is 2.80. The van der Waals surface area contributed by atoms with Crippen LogP contribution in [0.3, 0.4) is 0 Å². The number of esters is 1. The maximum absolute atomic E-state index is 10.9. The van der Waals surface area contributed by atoms with E-state index >= 15 is 0 Å². The third kappa shape index (κ3) is 2.40. The molecule has 1 aromatic rings. The van der Waals surface area contributed by atoms with Crippen LogP contribution < -0.4 is 4.74 Å². The number of hydrogen-bond acceptors (Lipinski definition) is 3. The quantitative estimate of drug-likeness (QED) is 0.391. The van der Waals surface area contributed by atoms with Gasteiger partial charge in [0, 0.05) is 13.8 Å². The zero-order valence-electron chi connectivity index (χ0n) is 7.24. The molecule has 0 heterocycles. The highest BCUT2D eigenvalue weighted by Gasteiger charge is 2.08. The van der Waals surface area contributed by atoms with Gasteiger partial charge < -0.3 is 4.74 Å². The molecule has 0 spiro atoms. The van der Waals surface area contributed by atoms with E-state index in [1.54, 1.807) is 24.3 Å². The van der Waals surface area contributed by atoms with Crippen LogP contribution in [0.2, 0.25) is 0 Å². The first-order valence-corrected chi connectivity index (χ1v) is 3.75. The van der Waals surface area contributed by atoms with Crippen molar-refractivity contribution in [3.63, 3.8) is 0 Å². The average Bonchev–Trinajstić information content (AvgIpc) is 2.03. The number of hydrogen-bond donors (Lipinski definition) is 0. The van der Waals surface area contributed by atoms with E-state index in [4.69, 9.17) is 4.74 Å². The molecule has 0 saturated carbocycles. The van der Waals surface area contributed by atoms with E-state index in [9.17, 15) is 9.59 Å². The lowest BCUT2D eigenvalue weighted by atomic mass is 10.1. The Labute approximate surface area is 76.3 Å². The molecule has 0 saturated heterocycles. The molecule has 3 nitrogen and oxygen atoms in total. The Bertz CT molecular complexity index is 342. The number of Topliss-reactive ketones (excluding diaryl/α,β-unsaturated/α-hetero) is 1. The third-order valence-electron chi connectivity index (χ3n) is 1.44. The largest absolute Gasteiger partial charge is 0.426 e. The second kappa shape index (κ2) is 3.85. The van der Waals surface area contributed by atoms with Gasteiger partial charge in [0.1, 0.15) is 5.75 Å². The van der Waals surface area contributed by atoms with Crippen LogP contribution in [0.1, 0.15) is 17.3 Å². The number of carbonyl (C=O) groups is 2. The highest BCUT2D eigenvalue weighted by molar-refractivity contribution is 6.02. The van der Waals surface area contributed by atoms with Crippen LogP contribution in [0.15, 0.2) is 24.3 Å². The summed E-state index contributed by atoms with van der Waals surface area (Å²) in [5.41, 5.74) is 0.317. The fourth-order valence-electron chi connectivity index (χ4n) is 0.941. The Morgan fingerprint density at radius 3 is 2.46 bits per heavy atom. The lowest BCUT2D eigenvalue weighted by Gasteiger charge is -2.04. The predicted molar refractivity (Wildman–Crippen MR) is 47.4 cm³/mol. The third-order valence-corrected chi connectivity index (χ3v) is 1.44. The molecule has 3 heteroatoms. The molecule has 0 atom stereocenters. The molecule has 0 amide bonds. The van der Waals surface area contributed by atoms with Crippen LogP contribution in [0.4, 0.5) is 0 Å². The molecule has 1 radical (unpaired) electrons. The molecular formula is C10H9O3. The van der Waals surface area contributed by atoms with Gasteiger partial charge >= 0.3 is 5.97 Å². The van der Waals surface area contributed by atoms with Crippen molar-refractivity contribution in [3.05, 3.63) is 36.8 Å². The molecule has 0 aliphatic rings. The molecule has 0 fully saturated rings. The van der Waals surface area contributed by atoms with Gasteiger partial charge in [0.2, 0.25) is 0 Å². The van der Waals surface area contributed by atoms with Gasteiger partial charge in [-0.1, -0.05) is 12.1 Å². The van der Waals surface area contributed by atoms with E-state index in [-0.39, 0.29) is 11.5 Å². The van der Waals surface area contributed by atoms with Gasteiger partial charge in [-0.2, -0.15) is 0 Å². The Morgan fingerprint density at radius 1 is 1.31 bits per heavy atom. The standard InChI is InChI=1S/C10H9O3/c1-7(11)9-5-3-4-6-10(9)13-8(2)12/h3-6H,1H2,2H3. The van der Waals surface area contributed by atoms with Gasteiger partial charge in [-0.3, -0.25) is 9.59 Å². The second-order valence-corrected chi connectivity index (χ2v) is 2.51. The topological polar surface area (TPSA) is 43.4 Å². The Balaban J connectivity index is 3.04. The zero-order chi connectivity index (χ0) is 9.84. The molecule has 67 valence electrons. The SMILES string of the molecule is [CH2]C(=O)c1ccccc1OC(C)=O. The minimum Gasteiger partial charge on any atom is -0.426 e. The van der Waals surface area contributed by atoms with E-state index < -0.39 is 5.97 Å². The van der Waals surface area contributed by atoms with Gasteiger partial charge in [0.15, 0.2) is 5.78 Å². The first-order chi connectivity index (χ1) is 6.11. The van der Waals surface area contributed by atoms with Crippen molar-refractivity contribution in [2.24, 2.45) is 0 Å². The maximum atomic E-state index is 10.9. The van der Waals surface area contributed by atoms with Gasteiger partial charge in [0.25, 0.3) is 0 Å². The van der Waals surface area contributed by atoms with Crippen molar-refractivity contribution in [2.45, 2.75) is 6.92 Å². The van der Waals surface area contributed by atoms with Crippen molar-refractivity contribution in [2.75, 3.05) is 0 Å². The van der Waals surface area contributed by atoms with E-state index in [1.807, 2.05) is 0 Å². The smallest absolute Gasteiger partial charge is 0.308 e. The van der Waals surface area contributed by atoms with Crippen molar-refractivity contribution in [3.8, 4) is 5.75 Å². The Hall–Kier alpha value is -1.64. The van der Waals surface area contributed by atoms with Crippen LogP contribution in [-0.2, 0) is 4.79 Å². The van der Waals surface area contributed by atoms with Gasteiger partial charge in [-0.15, -0.1) is 0 Å². The molecule has 0 bridgehead atoms. The molecule has 0 unspecified atom stereocenters. The molecule has 0 N–H and O–H groups in total. The number of ketones is 1. The summed E-state index contributed by atoms with van der Waals surface area (Å²) in [5.74, 6) is -0.555. The summed E-state index contributed by atoms with van der Waals surface area (Å²) in [6.45, 7) is 4.53. The van der Waals surface area contributed by atoms with E-state index in [2.05, 4.69) is 6.92 Å². The fraction of sp³-hybridized carbons (Fsp3) is 0.100. The second-order valence-electron chi connectivity index (χ2n) is 2.51. The molecule has 0 aliphatic carbocycles. The lowest BCUT2D eigenvalue weighted by molar-refractivity contribution is -0.131. The summed E-state index contributed by atoms with van der Waals surface area (Å²) in [6.07, 6.45) is 0. The minimum absolute atomic E-state index is 0.259. The first kappa shape index (κ1) is 9.45. The number of carbonyl (C=O) groups excluding carboxylic acids is 2. The van der Waals surface area contributed by atoms with Gasteiger partial charge in [0.05, 0.1) is 5.56 Å². The van der Waals surface area contributed by atoms with Gasteiger partial charge in [-0.05, 0) is 12.1 Å². The molecule has 1 rings (SSSR count). The molecular weight excluding hydrogens is 168 g/mol. The summed E-state index contributed by atoms with van der Waals surface area (Å²) >= 11 is 0. The summed E-state index contributed by atoms with van der Waals surface area (Å²) in [6, 6.07) is 6.49. The first-order valence-electron chi connectivity index (χ1n) is 3.75. The minimum atomic E-state index is -0.450. The monoisotopic (exact) mass is 177 g/mol. The van der Waals surface area contributed by atoms with E-state index in [1.165, 1.54) is 6.92 Å². The van der Waals surface area contributed by atoms with Crippen LogP contribution in [0.5, 0.6) is 5.75 Å². The van der Waals surface area contributed by atoms with Crippen LogP contribution in [-0.4, -0.2) is 11.8 Å². The highest BCUT2D eigenvalue weighted by Crippen LogP contribution is 2.18. The van der Waals surface area contributed by atoms with Crippen LogP contribution in [0, 0.1) is 6.92 Å². The lowest BCUT2D eigenvalue weighted by Crippen LogP contribution is -2.05. The maximum Gasteiger partial charge on any atom is 0.308 e. The van der Waals surface area contributed by atoms with Crippen LogP contribution in [0.25, 0.3) is 0 Å². The molecule has 0 aromatic heterocycles. The van der Waals surface area contributed by atoms with Gasteiger partial charge in [-0.25, -0.2) is 0 Å². The molecule has 1 aromatic carbocycles. The molecule has 13 heavy (non-hydrogen) atoms. The average molecular weight is 177 g/mol. The number of rotatable bonds is 2. The Morgan fingerprint density at radius 2 is 1.92 bits per heavy atom. The summed E-state index contributed by atoms with van der Waals surface area (Å²) < 4.78 is 4.81. The van der Waals surface area contributed by atoms with Crippen molar-refractivity contribution < 1.29 is 14.3 Å². The molecule has 0 aliphatic heterocycles. The number of para-hydroxylation sites is 1. The normalized spacial score (nSPS) is 9.38. The fourth-order valence-corrected chi connectivity index (χ4v) is 0.941. The van der Waals surface area contributed by atoms with Crippen molar-refractivity contribution in [1.82, 2.24) is 0 Å². The van der Waals surface area contributed by atoms with Crippen molar-refractivity contribution >= 4 is 11.8 Å². The summed E-state index contributed by atoms with van der Waals surface area (Å²) in [4.78, 5) is 21.6.